The van der Waals surface area contributed by atoms with Crippen molar-refractivity contribution in [1.29, 1.82) is 0 Å². The Bertz CT molecular complexity index is 614. The molecular weight excluding hydrogens is 238 g/mol. The predicted molar refractivity (Wildman–Crippen MR) is 77.3 cm³/mol. The molecule has 0 saturated carbocycles. The first-order chi connectivity index (χ1) is 9.01. The molecular formula is C15H21N3O. The molecule has 0 aliphatic rings. The summed E-state index contributed by atoms with van der Waals surface area (Å²) in [5.74, 6) is 1.81. The summed E-state index contributed by atoms with van der Waals surface area (Å²) in [5, 5.41) is 0. The number of imidazole rings is 1. The maximum absolute atomic E-state index is 5.72. The van der Waals surface area contributed by atoms with Gasteiger partial charge in [-0.15, -0.1) is 0 Å². The first kappa shape index (κ1) is 13.6. The highest BCUT2D eigenvalue weighted by Crippen LogP contribution is 2.32. The molecule has 0 aliphatic carbocycles. The SMILES string of the molecule is COc1ccc(-c2nc(CN)n(C)c2C)c(C)c1C. The molecule has 0 unspecified atom stereocenters. The van der Waals surface area contributed by atoms with E-state index in [4.69, 9.17) is 10.5 Å². The minimum Gasteiger partial charge on any atom is -0.496 e. The summed E-state index contributed by atoms with van der Waals surface area (Å²) in [6, 6.07) is 4.06. The molecule has 102 valence electrons. The van der Waals surface area contributed by atoms with E-state index >= 15 is 0 Å². The van der Waals surface area contributed by atoms with Crippen molar-refractivity contribution in [2.75, 3.05) is 7.11 Å². The Hall–Kier alpha value is -1.81. The minimum absolute atomic E-state index is 0.450. The summed E-state index contributed by atoms with van der Waals surface area (Å²) in [4.78, 5) is 4.65. The fraction of sp³-hybridized carbons (Fsp3) is 0.400. The molecule has 0 radical (unpaired) electrons. The Morgan fingerprint density at radius 2 is 1.89 bits per heavy atom. The third kappa shape index (κ3) is 2.12. The molecule has 0 aliphatic heterocycles. The number of nitrogens with two attached hydrogens (primary N) is 1. The lowest BCUT2D eigenvalue weighted by molar-refractivity contribution is 0.411. The number of ether oxygens (including phenoxy) is 1. The van der Waals surface area contributed by atoms with Crippen LogP contribution in [-0.2, 0) is 13.6 Å². The summed E-state index contributed by atoms with van der Waals surface area (Å²) in [6.45, 7) is 6.69. The molecule has 2 rings (SSSR count). The van der Waals surface area contributed by atoms with Crippen LogP contribution in [0.1, 0.15) is 22.6 Å². The van der Waals surface area contributed by atoms with Gasteiger partial charge in [0, 0.05) is 18.3 Å². The van der Waals surface area contributed by atoms with Crippen LogP contribution in [0.25, 0.3) is 11.3 Å². The van der Waals surface area contributed by atoms with E-state index in [0.717, 1.165) is 34.1 Å². The van der Waals surface area contributed by atoms with Gasteiger partial charge in [-0.1, -0.05) is 0 Å². The van der Waals surface area contributed by atoms with Crippen LogP contribution in [0.4, 0.5) is 0 Å². The number of methoxy groups -OCH3 is 1. The number of benzene rings is 1. The Morgan fingerprint density at radius 3 is 2.42 bits per heavy atom. The van der Waals surface area contributed by atoms with Crippen LogP contribution >= 0.6 is 0 Å². The zero-order valence-corrected chi connectivity index (χ0v) is 12.2. The first-order valence-electron chi connectivity index (χ1n) is 6.38. The summed E-state index contributed by atoms with van der Waals surface area (Å²) >= 11 is 0. The van der Waals surface area contributed by atoms with Gasteiger partial charge in [0.15, 0.2) is 0 Å². The smallest absolute Gasteiger partial charge is 0.123 e. The molecule has 4 heteroatoms. The first-order valence-corrected chi connectivity index (χ1v) is 6.38. The van der Waals surface area contributed by atoms with E-state index < -0.39 is 0 Å². The van der Waals surface area contributed by atoms with Gasteiger partial charge in [-0.05, 0) is 44.0 Å². The molecule has 0 atom stereocenters. The van der Waals surface area contributed by atoms with Gasteiger partial charge in [-0.2, -0.15) is 0 Å². The van der Waals surface area contributed by atoms with Crippen LogP contribution in [0.15, 0.2) is 12.1 Å². The van der Waals surface area contributed by atoms with E-state index in [9.17, 15) is 0 Å². The highest BCUT2D eigenvalue weighted by Gasteiger charge is 2.15. The van der Waals surface area contributed by atoms with Crippen molar-refractivity contribution in [2.45, 2.75) is 27.3 Å². The maximum Gasteiger partial charge on any atom is 0.123 e. The second-order valence-corrected chi connectivity index (χ2v) is 4.79. The standard InChI is InChI=1S/C15H21N3O/c1-9-10(2)13(19-5)7-6-12(9)15-11(3)18(4)14(8-16)17-15/h6-7H,8,16H2,1-5H3. The van der Waals surface area contributed by atoms with Crippen molar-refractivity contribution in [1.82, 2.24) is 9.55 Å². The van der Waals surface area contributed by atoms with Gasteiger partial charge in [0.2, 0.25) is 0 Å². The van der Waals surface area contributed by atoms with E-state index in [1.54, 1.807) is 7.11 Å². The van der Waals surface area contributed by atoms with Gasteiger partial charge >= 0.3 is 0 Å². The zero-order valence-electron chi connectivity index (χ0n) is 12.2. The van der Waals surface area contributed by atoms with Gasteiger partial charge in [-0.3, -0.25) is 0 Å². The normalized spacial score (nSPS) is 10.8. The summed E-state index contributed by atoms with van der Waals surface area (Å²) in [5.41, 5.74) is 11.4. The molecule has 4 nitrogen and oxygen atoms in total. The Labute approximate surface area is 114 Å². The summed E-state index contributed by atoms with van der Waals surface area (Å²) in [7, 11) is 3.69. The Morgan fingerprint density at radius 1 is 1.21 bits per heavy atom. The van der Waals surface area contributed by atoms with Crippen LogP contribution in [0, 0.1) is 20.8 Å². The molecule has 1 heterocycles. The molecule has 0 fully saturated rings. The topological polar surface area (TPSA) is 53.1 Å². The monoisotopic (exact) mass is 259 g/mol. The molecule has 0 bridgehead atoms. The number of rotatable bonds is 3. The highest BCUT2D eigenvalue weighted by molar-refractivity contribution is 5.69. The van der Waals surface area contributed by atoms with Crippen LogP contribution < -0.4 is 10.5 Å². The third-order valence-corrected chi connectivity index (χ3v) is 3.87. The van der Waals surface area contributed by atoms with Gasteiger partial charge in [0.1, 0.15) is 11.6 Å². The molecule has 0 amide bonds. The average Bonchev–Trinajstić information content (AvgIpc) is 2.69. The summed E-state index contributed by atoms with van der Waals surface area (Å²) in [6.07, 6.45) is 0. The van der Waals surface area contributed by atoms with E-state index in [1.807, 2.05) is 17.7 Å². The quantitative estimate of drug-likeness (QED) is 0.921. The molecule has 19 heavy (non-hydrogen) atoms. The van der Waals surface area contributed by atoms with E-state index in [2.05, 4.69) is 31.8 Å². The van der Waals surface area contributed by atoms with Crippen LogP contribution in [0.3, 0.4) is 0 Å². The van der Waals surface area contributed by atoms with Crippen LogP contribution in [-0.4, -0.2) is 16.7 Å². The minimum atomic E-state index is 0.450. The fourth-order valence-corrected chi connectivity index (χ4v) is 2.35. The van der Waals surface area contributed by atoms with Crippen molar-refractivity contribution in [3.05, 3.63) is 34.8 Å². The molecule has 1 aromatic heterocycles. The molecule has 2 N–H and O–H groups in total. The van der Waals surface area contributed by atoms with Crippen LogP contribution in [0.2, 0.25) is 0 Å². The number of aromatic nitrogens is 2. The van der Waals surface area contributed by atoms with E-state index in [0.29, 0.717) is 6.54 Å². The zero-order chi connectivity index (χ0) is 14.2. The van der Waals surface area contributed by atoms with Crippen molar-refractivity contribution in [2.24, 2.45) is 12.8 Å². The van der Waals surface area contributed by atoms with Gasteiger partial charge < -0.3 is 15.0 Å². The molecule has 0 saturated heterocycles. The van der Waals surface area contributed by atoms with Crippen LogP contribution in [0.5, 0.6) is 5.75 Å². The van der Waals surface area contributed by atoms with Gasteiger partial charge in [-0.25, -0.2) is 4.98 Å². The number of nitrogens with zero attached hydrogens (tertiary/aromatic N) is 2. The second kappa shape index (κ2) is 5.05. The van der Waals surface area contributed by atoms with Gasteiger partial charge in [0.05, 0.1) is 19.3 Å². The molecule has 0 spiro atoms. The van der Waals surface area contributed by atoms with Crippen molar-refractivity contribution >= 4 is 0 Å². The van der Waals surface area contributed by atoms with Crippen molar-refractivity contribution in [3.63, 3.8) is 0 Å². The van der Waals surface area contributed by atoms with Crippen molar-refractivity contribution in [3.8, 4) is 17.0 Å². The third-order valence-electron chi connectivity index (χ3n) is 3.87. The lowest BCUT2D eigenvalue weighted by atomic mass is 9.99. The highest BCUT2D eigenvalue weighted by atomic mass is 16.5. The van der Waals surface area contributed by atoms with Crippen molar-refractivity contribution < 1.29 is 4.74 Å². The molecule has 1 aromatic carbocycles. The second-order valence-electron chi connectivity index (χ2n) is 4.79. The number of hydrogen-bond donors (Lipinski definition) is 1. The summed E-state index contributed by atoms with van der Waals surface area (Å²) < 4.78 is 7.40. The van der Waals surface area contributed by atoms with Gasteiger partial charge in [0.25, 0.3) is 0 Å². The Kier molecular flexibility index (Phi) is 3.62. The average molecular weight is 259 g/mol. The lowest BCUT2D eigenvalue weighted by Crippen LogP contribution is -2.05. The fourth-order valence-electron chi connectivity index (χ4n) is 2.35. The largest absolute Gasteiger partial charge is 0.496 e. The predicted octanol–water partition coefficient (Wildman–Crippen LogP) is 2.48. The lowest BCUT2D eigenvalue weighted by Gasteiger charge is -2.12. The Balaban J connectivity index is 2.63. The molecule has 2 aromatic rings. The van der Waals surface area contributed by atoms with E-state index in [-0.39, 0.29) is 0 Å². The maximum atomic E-state index is 5.72. The van der Waals surface area contributed by atoms with E-state index in [1.165, 1.54) is 5.56 Å². The number of hydrogen-bond acceptors (Lipinski definition) is 3.